The van der Waals surface area contributed by atoms with E-state index < -0.39 is 0 Å². The van der Waals surface area contributed by atoms with Crippen molar-refractivity contribution in [2.24, 2.45) is 0 Å². The molecule has 13 heteroatoms. The van der Waals surface area contributed by atoms with Crippen LogP contribution in [0.5, 0.6) is 0 Å². The summed E-state index contributed by atoms with van der Waals surface area (Å²) in [6.45, 7) is 1.10. The van der Waals surface area contributed by atoms with Crippen LogP contribution in [-0.4, -0.2) is 54.6 Å². The van der Waals surface area contributed by atoms with Crippen molar-refractivity contribution >= 4 is 35.2 Å². The maximum absolute atomic E-state index is 13.3. The summed E-state index contributed by atoms with van der Waals surface area (Å²) < 4.78 is 20.0. The van der Waals surface area contributed by atoms with Gasteiger partial charge in [-0.1, -0.05) is 11.8 Å². The summed E-state index contributed by atoms with van der Waals surface area (Å²) in [6, 6.07) is 7.75. The van der Waals surface area contributed by atoms with Crippen LogP contribution in [0.15, 0.2) is 69.2 Å². The summed E-state index contributed by atoms with van der Waals surface area (Å²) in [5.41, 5.74) is 0.477. The van der Waals surface area contributed by atoms with Crippen LogP contribution in [0, 0.1) is 5.82 Å². The zero-order chi connectivity index (χ0) is 23.0. The molecule has 0 atom stereocenters. The average Bonchev–Trinajstić information content (AvgIpc) is 3.47. The lowest BCUT2D eigenvalue weighted by molar-refractivity contribution is -0.115. The van der Waals surface area contributed by atoms with Gasteiger partial charge in [0.05, 0.1) is 31.5 Å². The largest absolute Gasteiger partial charge is 0.383 e. The number of hydrogen-bond acceptors (Lipinski definition) is 9. The van der Waals surface area contributed by atoms with E-state index in [1.165, 1.54) is 42.0 Å². The van der Waals surface area contributed by atoms with Gasteiger partial charge in [-0.2, -0.15) is 10.2 Å². The number of methoxy groups -OCH3 is 1. The molecule has 10 nitrogen and oxygen atoms in total. The van der Waals surface area contributed by atoms with E-state index in [0.717, 1.165) is 4.90 Å². The fraction of sp³-hybridized carbons (Fsp3) is 0.200. The molecule has 2 N–H and O–H groups in total. The summed E-state index contributed by atoms with van der Waals surface area (Å²) in [4.78, 5) is 26.7. The number of carbonyl (C=O) groups excluding carboxylic acids is 1. The van der Waals surface area contributed by atoms with Crippen molar-refractivity contribution in [2.75, 3.05) is 19.0 Å². The Kier molecular flexibility index (Phi) is 7.65. The highest BCUT2D eigenvalue weighted by atomic mass is 32.2. The van der Waals surface area contributed by atoms with E-state index in [-0.39, 0.29) is 18.1 Å². The highest BCUT2D eigenvalue weighted by Gasteiger charge is 2.16. The monoisotopic (exact) mass is 486 g/mol. The Morgan fingerprint density at radius 2 is 2.06 bits per heavy atom. The van der Waals surface area contributed by atoms with Crippen LogP contribution in [0.4, 0.5) is 10.2 Å². The molecule has 0 saturated carbocycles. The van der Waals surface area contributed by atoms with E-state index in [1.54, 1.807) is 42.4 Å². The number of hydrogen-bond donors (Lipinski definition) is 2. The minimum Gasteiger partial charge on any atom is -0.383 e. The Morgan fingerprint density at radius 3 is 2.82 bits per heavy atom. The first-order valence-corrected chi connectivity index (χ1v) is 11.4. The van der Waals surface area contributed by atoms with Gasteiger partial charge in [-0.15, -0.1) is 0 Å². The Balaban J connectivity index is 1.51. The maximum atomic E-state index is 13.3. The third kappa shape index (κ3) is 6.60. The molecule has 33 heavy (non-hydrogen) atoms. The number of ether oxygens (including phenoxy) is 1. The molecule has 0 aliphatic carbocycles. The standard InChI is InChI=1S/C20H19FN8O2S2/c1-31-9-8-29-7-6-16(28-29)26-17(30)10-15-19(32-14-4-2-13(21)3-5-14)22-11-18(25-15)33-20-23-12-24-27-20/h2-7,11-12H,8-10H2,1H3,(H,23,24,27)(H,26,28,30). The Bertz CT molecular complexity index is 1200. The molecule has 0 fully saturated rings. The number of amides is 1. The highest BCUT2D eigenvalue weighted by Crippen LogP contribution is 2.31. The number of nitrogens with zero attached hydrogens (tertiary/aromatic N) is 6. The number of halogens is 1. The lowest BCUT2D eigenvalue weighted by Gasteiger charge is -2.09. The lowest BCUT2D eigenvalue weighted by Crippen LogP contribution is -2.17. The summed E-state index contributed by atoms with van der Waals surface area (Å²) >= 11 is 2.55. The number of anilines is 1. The molecule has 0 aliphatic rings. The van der Waals surface area contributed by atoms with Crippen LogP contribution >= 0.6 is 23.5 Å². The summed E-state index contributed by atoms with van der Waals surface area (Å²) in [7, 11) is 1.61. The third-order valence-corrected chi connectivity index (χ3v) is 6.01. The molecule has 4 rings (SSSR count). The van der Waals surface area contributed by atoms with E-state index in [2.05, 4.69) is 35.6 Å². The number of benzene rings is 1. The molecule has 170 valence electrons. The van der Waals surface area contributed by atoms with E-state index in [1.807, 2.05) is 0 Å². The van der Waals surface area contributed by atoms with Gasteiger partial charge in [0.2, 0.25) is 5.91 Å². The number of aromatic amines is 1. The van der Waals surface area contributed by atoms with Gasteiger partial charge in [0.25, 0.3) is 0 Å². The summed E-state index contributed by atoms with van der Waals surface area (Å²) in [6.07, 6.45) is 4.73. The Hall–Kier alpha value is -3.29. The van der Waals surface area contributed by atoms with Crippen molar-refractivity contribution < 1.29 is 13.9 Å². The molecule has 0 saturated heterocycles. The third-order valence-electron chi connectivity index (χ3n) is 4.17. The average molecular weight is 487 g/mol. The van der Waals surface area contributed by atoms with Gasteiger partial charge >= 0.3 is 0 Å². The van der Waals surface area contributed by atoms with Crippen LogP contribution in [0.2, 0.25) is 0 Å². The summed E-state index contributed by atoms with van der Waals surface area (Å²) in [5.74, 6) is -0.179. The molecule has 0 unspecified atom stereocenters. The second kappa shape index (κ2) is 11.0. The molecule has 0 bridgehead atoms. The van der Waals surface area contributed by atoms with Crippen molar-refractivity contribution in [1.29, 1.82) is 0 Å². The smallest absolute Gasteiger partial charge is 0.231 e. The zero-order valence-corrected chi connectivity index (χ0v) is 19.1. The minimum absolute atomic E-state index is 0.0216. The molecule has 1 aromatic carbocycles. The number of nitrogens with one attached hydrogen (secondary N) is 2. The maximum Gasteiger partial charge on any atom is 0.231 e. The van der Waals surface area contributed by atoms with Gasteiger partial charge in [0.15, 0.2) is 11.0 Å². The predicted molar refractivity (Wildman–Crippen MR) is 119 cm³/mol. The first-order chi connectivity index (χ1) is 16.1. The number of H-pyrrole nitrogens is 1. The van der Waals surface area contributed by atoms with E-state index >= 15 is 0 Å². The van der Waals surface area contributed by atoms with Crippen molar-refractivity contribution in [3.8, 4) is 0 Å². The van der Waals surface area contributed by atoms with Crippen molar-refractivity contribution in [3.05, 3.63) is 60.6 Å². The lowest BCUT2D eigenvalue weighted by atomic mass is 10.3. The van der Waals surface area contributed by atoms with E-state index in [0.29, 0.717) is 39.9 Å². The highest BCUT2D eigenvalue weighted by molar-refractivity contribution is 7.99. The van der Waals surface area contributed by atoms with Crippen LogP contribution in [0.25, 0.3) is 0 Å². The second-order valence-corrected chi connectivity index (χ2v) is 8.66. The molecule has 3 heterocycles. The van der Waals surface area contributed by atoms with Crippen LogP contribution in [0.3, 0.4) is 0 Å². The fourth-order valence-corrected chi connectivity index (χ4v) is 4.18. The zero-order valence-electron chi connectivity index (χ0n) is 17.4. The van der Waals surface area contributed by atoms with Gasteiger partial charge in [0, 0.05) is 24.3 Å². The molecule has 0 spiro atoms. The topological polar surface area (TPSA) is 124 Å². The van der Waals surface area contributed by atoms with E-state index in [9.17, 15) is 9.18 Å². The van der Waals surface area contributed by atoms with Gasteiger partial charge in [-0.25, -0.2) is 19.3 Å². The molecule has 4 aromatic rings. The first kappa shape index (κ1) is 22.9. The van der Waals surface area contributed by atoms with Crippen molar-refractivity contribution in [3.63, 3.8) is 0 Å². The quantitative estimate of drug-likeness (QED) is 0.348. The molecular weight excluding hydrogens is 467 g/mol. The molecule has 1 amide bonds. The predicted octanol–water partition coefficient (Wildman–Crippen LogP) is 3.06. The molecule has 0 aliphatic heterocycles. The first-order valence-electron chi connectivity index (χ1n) is 9.74. The van der Waals surface area contributed by atoms with Gasteiger partial charge in [-0.05, 0) is 36.0 Å². The van der Waals surface area contributed by atoms with Gasteiger partial charge in [0.1, 0.15) is 22.2 Å². The van der Waals surface area contributed by atoms with Crippen LogP contribution in [-0.2, 0) is 22.5 Å². The molecule has 3 aromatic heterocycles. The van der Waals surface area contributed by atoms with Gasteiger partial charge in [-0.3, -0.25) is 14.6 Å². The van der Waals surface area contributed by atoms with Crippen LogP contribution < -0.4 is 5.32 Å². The fourth-order valence-electron chi connectivity index (χ4n) is 2.68. The second-order valence-electron chi connectivity index (χ2n) is 6.59. The number of carbonyl (C=O) groups is 1. The molecular formula is C20H19FN8O2S2. The SMILES string of the molecule is COCCn1ccc(NC(=O)Cc2nc(Sc3ncn[nH]3)cnc2Sc2ccc(F)cc2)n1. The minimum atomic E-state index is -0.325. The number of rotatable bonds is 10. The summed E-state index contributed by atoms with van der Waals surface area (Å²) in [5, 5.41) is 15.3. The van der Waals surface area contributed by atoms with E-state index in [4.69, 9.17) is 4.74 Å². The molecule has 0 radical (unpaired) electrons. The number of aromatic nitrogens is 7. The van der Waals surface area contributed by atoms with Crippen molar-refractivity contribution in [1.82, 2.24) is 34.9 Å². The van der Waals surface area contributed by atoms with Crippen molar-refractivity contribution in [2.45, 2.75) is 33.1 Å². The normalized spacial score (nSPS) is 11.0. The van der Waals surface area contributed by atoms with Crippen LogP contribution in [0.1, 0.15) is 5.69 Å². The Morgan fingerprint density at radius 1 is 1.21 bits per heavy atom. The Labute approximate surface area is 196 Å². The van der Waals surface area contributed by atoms with Gasteiger partial charge < -0.3 is 10.1 Å².